The molecule has 1 atom stereocenters. The minimum Gasteiger partial charge on any atom is -0.466 e. The lowest BCUT2D eigenvalue weighted by Gasteiger charge is -2.10. The number of aromatic nitrogens is 1. The van der Waals surface area contributed by atoms with E-state index in [2.05, 4.69) is 10.5 Å². The standard InChI is InChI=1S/C14H18N2O4/c1-8-6-11(9(2)19-8)13(17)4-5-15-14(18)12-7-16-20-10(12)3/h6-7,13,17H,4-5H2,1-3H3,(H,15,18)/t13-/m1/s1. The Kier molecular flexibility index (Phi) is 4.24. The summed E-state index contributed by atoms with van der Waals surface area (Å²) in [5.74, 6) is 1.69. The van der Waals surface area contributed by atoms with Crippen molar-refractivity contribution in [3.8, 4) is 0 Å². The lowest BCUT2D eigenvalue weighted by molar-refractivity contribution is 0.0941. The zero-order chi connectivity index (χ0) is 14.7. The molecule has 0 aliphatic carbocycles. The number of nitrogens with one attached hydrogen (secondary N) is 1. The molecule has 0 aromatic carbocycles. The van der Waals surface area contributed by atoms with Gasteiger partial charge in [-0.3, -0.25) is 4.79 Å². The second kappa shape index (κ2) is 5.92. The fourth-order valence-electron chi connectivity index (χ4n) is 2.07. The third-order valence-corrected chi connectivity index (χ3v) is 3.14. The number of nitrogens with zero attached hydrogens (tertiary/aromatic N) is 1. The molecule has 1 amide bonds. The molecule has 0 aliphatic heterocycles. The Balaban J connectivity index is 1.86. The molecule has 0 spiro atoms. The molecule has 2 heterocycles. The van der Waals surface area contributed by atoms with Crippen LogP contribution in [0.5, 0.6) is 0 Å². The van der Waals surface area contributed by atoms with Gasteiger partial charge in [0.05, 0.1) is 12.3 Å². The highest BCUT2D eigenvalue weighted by Gasteiger charge is 2.16. The summed E-state index contributed by atoms with van der Waals surface area (Å²) in [6, 6.07) is 1.81. The van der Waals surface area contributed by atoms with Crippen LogP contribution in [0, 0.1) is 20.8 Å². The van der Waals surface area contributed by atoms with Crippen LogP contribution in [0.3, 0.4) is 0 Å². The van der Waals surface area contributed by atoms with Gasteiger partial charge in [0.15, 0.2) is 0 Å². The minimum absolute atomic E-state index is 0.254. The molecule has 20 heavy (non-hydrogen) atoms. The van der Waals surface area contributed by atoms with Crippen LogP contribution in [0.1, 0.15) is 45.7 Å². The van der Waals surface area contributed by atoms with Crippen molar-refractivity contribution in [2.24, 2.45) is 0 Å². The van der Waals surface area contributed by atoms with Gasteiger partial charge in [0.1, 0.15) is 22.8 Å². The van der Waals surface area contributed by atoms with Crippen LogP contribution in [-0.4, -0.2) is 22.7 Å². The van der Waals surface area contributed by atoms with Crippen molar-refractivity contribution in [2.45, 2.75) is 33.3 Å². The van der Waals surface area contributed by atoms with E-state index in [1.165, 1.54) is 6.20 Å². The van der Waals surface area contributed by atoms with Crippen molar-refractivity contribution in [3.63, 3.8) is 0 Å². The molecule has 6 nitrogen and oxygen atoms in total. The number of amides is 1. The molecule has 2 rings (SSSR count). The molecule has 108 valence electrons. The van der Waals surface area contributed by atoms with Crippen LogP contribution in [0.15, 0.2) is 21.2 Å². The lowest BCUT2D eigenvalue weighted by Crippen LogP contribution is -2.25. The highest BCUT2D eigenvalue weighted by atomic mass is 16.5. The molecule has 0 aliphatic rings. The maximum Gasteiger partial charge on any atom is 0.256 e. The third-order valence-electron chi connectivity index (χ3n) is 3.14. The van der Waals surface area contributed by atoms with Gasteiger partial charge in [0, 0.05) is 12.1 Å². The zero-order valence-electron chi connectivity index (χ0n) is 11.8. The minimum atomic E-state index is -0.656. The predicted molar refractivity (Wildman–Crippen MR) is 71.3 cm³/mol. The topological polar surface area (TPSA) is 88.5 Å². The second-order valence-electron chi connectivity index (χ2n) is 4.72. The van der Waals surface area contributed by atoms with E-state index >= 15 is 0 Å². The third kappa shape index (κ3) is 3.08. The maximum atomic E-state index is 11.8. The van der Waals surface area contributed by atoms with Crippen LogP contribution in [-0.2, 0) is 0 Å². The van der Waals surface area contributed by atoms with Gasteiger partial charge in [-0.25, -0.2) is 0 Å². The summed E-state index contributed by atoms with van der Waals surface area (Å²) in [4.78, 5) is 11.8. The molecule has 0 radical (unpaired) electrons. The largest absolute Gasteiger partial charge is 0.466 e. The van der Waals surface area contributed by atoms with Gasteiger partial charge in [-0.05, 0) is 33.3 Å². The molecule has 2 aromatic rings. The van der Waals surface area contributed by atoms with Crippen LogP contribution in [0.2, 0.25) is 0 Å². The molecule has 0 saturated heterocycles. The van der Waals surface area contributed by atoms with Gasteiger partial charge in [-0.1, -0.05) is 5.16 Å². The van der Waals surface area contributed by atoms with Crippen LogP contribution < -0.4 is 5.32 Å². The average molecular weight is 278 g/mol. The first-order chi connectivity index (χ1) is 9.49. The van der Waals surface area contributed by atoms with Crippen molar-refractivity contribution in [1.29, 1.82) is 0 Å². The fourth-order valence-corrected chi connectivity index (χ4v) is 2.07. The summed E-state index contributed by atoms with van der Waals surface area (Å²) in [6.07, 6.45) is 1.14. The number of hydrogen-bond donors (Lipinski definition) is 2. The smallest absolute Gasteiger partial charge is 0.256 e. The van der Waals surface area contributed by atoms with E-state index in [0.29, 0.717) is 30.0 Å². The Morgan fingerprint density at radius 2 is 2.15 bits per heavy atom. The van der Waals surface area contributed by atoms with Crippen molar-refractivity contribution < 1.29 is 18.8 Å². The summed E-state index contributed by atoms with van der Waals surface area (Å²) < 4.78 is 10.2. The van der Waals surface area contributed by atoms with E-state index in [1.807, 2.05) is 19.9 Å². The number of aliphatic hydroxyl groups is 1. The molecule has 0 unspecified atom stereocenters. The lowest BCUT2D eigenvalue weighted by atomic mass is 10.1. The van der Waals surface area contributed by atoms with Crippen LogP contribution in [0.4, 0.5) is 0 Å². The van der Waals surface area contributed by atoms with Crippen molar-refractivity contribution in [1.82, 2.24) is 10.5 Å². The number of carbonyl (C=O) groups excluding carboxylic acids is 1. The molecular weight excluding hydrogens is 260 g/mol. The van der Waals surface area contributed by atoms with E-state index in [0.717, 1.165) is 11.3 Å². The monoisotopic (exact) mass is 278 g/mol. The summed E-state index contributed by atoms with van der Waals surface area (Å²) >= 11 is 0. The highest BCUT2D eigenvalue weighted by Crippen LogP contribution is 2.23. The van der Waals surface area contributed by atoms with Crippen LogP contribution >= 0.6 is 0 Å². The number of aliphatic hydroxyl groups excluding tert-OH is 1. The molecule has 2 N–H and O–H groups in total. The first kappa shape index (κ1) is 14.3. The molecule has 0 bridgehead atoms. The van der Waals surface area contributed by atoms with Gasteiger partial charge < -0.3 is 19.4 Å². The number of rotatable bonds is 5. The normalized spacial score (nSPS) is 12.4. The van der Waals surface area contributed by atoms with E-state index in [4.69, 9.17) is 8.94 Å². The Labute approximate surface area is 116 Å². The van der Waals surface area contributed by atoms with Gasteiger partial charge in [-0.15, -0.1) is 0 Å². The number of furan rings is 1. The quantitative estimate of drug-likeness (QED) is 0.873. The van der Waals surface area contributed by atoms with Crippen molar-refractivity contribution in [2.75, 3.05) is 6.54 Å². The number of hydrogen-bond acceptors (Lipinski definition) is 5. The maximum absolute atomic E-state index is 11.8. The molecule has 0 fully saturated rings. The molecule has 2 aromatic heterocycles. The summed E-state index contributed by atoms with van der Waals surface area (Å²) in [5, 5.41) is 16.3. The fraction of sp³-hybridized carbons (Fsp3) is 0.429. The first-order valence-corrected chi connectivity index (χ1v) is 6.43. The van der Waals surface area contributed by atoms with E-state index in [9.17, 15) is 9.90 Å². The van der Waals surface area contributed by atoms with Gasteiger partial charge >= 0.3 is 0 Å². The Morgan fingerprint density at radius 3 is 2.70 bits per heavy atom. The average Bonchev–Trinajstić information content (AvgIpc) is 2.95. The van der Waals surface area contributed by atoms with Crippen molar-refractivity contribution >= 4 is 5.91 Å². The highest BCUT2D eigenvalue weighted by molar-refractivity contribution is 5.94. The second-order valence-corrected chi connectivity index (χ2v) is 4.72. The molecular formula is C14H18N2O4. The van der Waals surface area contributed by atoms with Gasteiger partial charge in [0.2, 0.25) is 0 Å². The molecule has 0 saturated carbocycles. The summed E-state index contributed by atoms with van der Waals surface area (Å²) in [6.45, 7) is 5.67. The first-order valence-electron chi connectivity index (χ1n) is 6.43. The molecule has 6 heteroatoms. The van der Waals surface area contributed by atoms with E-state index < -0.39 is 6.10 Å². The zero-order valence-corrected chi connectivity index (χ0v) is 11.8. The van der Waals surface area contributed by atoms with Crippen molar-refractivity contribution in [3.05, 3.63) is 40.7 Å². The van der Waals surface area contributed by atoms with E-state index in [1.54, 1.807) is 6.92 Å². The number of carbonyl (C=O) groups is 1. The summed E-state index contributed by atoms with van der Waals surface area (Å²) in [7, 11) is 0. The van der Waals surface area contributed by atoms with Crippen LogP contribution in [0.25, 0.3) is 0 Å². The van der Waals surface area contributed by atoms with Gasteiger partial charge in [0.25, 0.3) is 5.91 Å². The van der Waals surface area contributed by atoms with Gasteiger partial charge in [-0.2, -0.15) is 0 Å². The SMILES string of the molecule is Cc1cc([C@H](O)CCNC(=O)c2cnoc2C)c(C)o1. The van der Waals surface area contributed by atoms with E-state index in [-0.39, 0.29) is 5.91 Å². The predicted octanol–water partition coefficient (Wildman–Crippen LogP) is 2.05. The Hall–Kier alpha value is -2.08. The number of aryl methyl sites for hydroxylation is 3. The Morgan fingerprint density at radius 1 is 1.40 bits per heavy atom. The summed E-state index contributed by atoms with van der Waals surface area (Å²) in [5.41, 5.74) is 1.17. The Bertz CT molecular complexity index is 600.